The van der Waals surface area contributed by atoms with Crippen LogP contribution in [-0.4, -0.2) is 30.7 Å². The van der Waals surface area contributed by atoms with Crippen LogP contribution in [-0.2, 0) is 5.92 Å². The third kappa shape index (κ3) is 2.83. The summed E-state index contributed by atoms with van der Waals surface area (Å²) in [6.45, 7) is 1.84. The standard InChI is InChI=1S/C19H14F5N5O/c1-9(10-2-3-10)12-6-14(18(20,21)19(22,23)24)27-16-11(12)4-5-15-26-13(7-29(15)16)17-28-25-8-30-17/h4-10H,2-3H2,1H3. The molecule has 1 atom stereocenters. The van der Waals surface area contributed by atoms with E-state index in [1.54, 1.807) is 12.1 Å². The van der Waals surface area contributed by atoms with Gasteiger partial charge in [-0.05, 0) is 48.4 Å². The number of rotatable bonds is 4. The van der Waals surface area contributed by atoms with Crippen molar-refractivity contribution in [1.82, 2.24) is 24.6 Å². The topological polar surface area (TPSA) is 69.1 Å². The Labute approximate surface area is 165 Å². The van der Waals surface area contributed by atoms with Gasteiger partial charge in [0.1, 0.15) is 22.7 Å². The Hall–Kier alpha value is -3.11. The number of halogens is 5. The first-order chi connectivity index (χ1) is 14.2. The molecule has 1 fully saturated rings. The van der Waals surface area contributed by atoms with E-state index in [2.05, 4.69) is 20.2 Å². The SMILES string of the molecule is CC(c1cc(C(F)(F)C(F)(F)F)nc2c1ccc1nc(-c3nnco3)cn12)C1CC1. The maximum atomic E-state index is 14.2. The average molecular weight is 423 g/mol. The molecule has 4 heterocycles. The van der Waals surface area contributed by atoms with E-state index < -0.39 is 17.8 Å². The molecule has 0 N–H and O–H groups in total. The maximum absolute atomic E-state index is 14.2. The minimum absolute atomic E-state index is 0.0327. The van der Waals surface area contributed by atoms with E-state index in [0.717, 1.165) is 25.3 Å². The zero-order chi connectivity index (χ0) is 21.3. The molecule has 1 unspecified atom stereocenters. The van der Waals surface area contributed by atoms with Gasteiger partial charge < -0.3 is 4.42 Å². The second-order valence-electron chi connectivity index (χ2n) is 7.46. The van der Waals surface area contributed by atoms with E-state index in [-0.39, 0.29) is 29.1 Å². The molecule has 4 aromatic heterocycles. The normalized spacial score (nSPS) is 16.5. The Morgan fingerprint density at radius 1 is 1.13 bits per heavy atom. The molecule has 156 valence electrons. The minimum Gasteiger partial charge on any atom is -0.422 e. The summed E-state index contributed by atoms with van der Waals surface area (Å²) in [5.74, 6) is -4.93. The van der Waals surface area contributed by atoms with Crippen LogP contribution in [0.2, 0.25) is 0 Å². The third-order valence-corrected chi connectivity index (χ3v) is 5.51. The fraction of sp³-hybridized carbons (Fsp3) is 0.368. The number of imidazole rings is 1. The van der Waals surface area contributed by atoms with Gasteiger partial charge in [-0.25, -0.2) is 9.97 Å². The van der Waals surface area contributed by atoms with Gasteiger partial charge in [0.15, 0.2) is 0 Å². The van der Waals surface area contributed by atoms with Gasteiger partial charge in [-0.2, -0.15) is 22.0 Å². The van der Waals surface area contributed by atoms with Crippen molar-refractivity contribution in [2.75, 3.05) is 0 Å². The Balaban J connectivity index is 1.80. The molecule has 0 radical (unpaired) electrons. The lowest BCUT2D eigenvalue weighted by molar-refractivity contribution is -0.290. The second kappa shape index (κ2) is 6.19. The summed E-state index contributed by atoms with van der Waals surface area (Å²) >= 11 is 0. The molecule has 0 bridgehead atoms. The van der Waals surface area contributed by atoms with Gasteiger partial charge in [-0.15, -0.1) is 10.2 Å². The van der Waals surface area contributed by atoms with Crippen molar-refractivity contribution in [3.8, 4) is 11.6 Å². The van der Waals surface area contributed by atoms with Crippen LogP contribution in [0.25, 0.3) is 28.3 Å². The monoisotopic (exact) mass is 423 g/mol. The Kier molecular flexibility index (Phi) is 3.90. The van der Waals surface area contributed by atoms with Gasteiger partial charge in [0.05, 0.1) is 0 Å². The first-order valence-corrected chi connectivity index (χ1v) is 9.21. The predicted octanol–water partition coefficient (Wildman–Crippen LogP) is 5.10. The zero-order valence-electron chi connectivity index (χ0n) is 15.5. The van der Waals surface area contributed by atoms with Gasteiger partial charge >= 0.3 is 12.1 Å². The summed E-state index contributed by atoms with van der Waals surface area (Å²) in [5.41, 5.74) is -0.385. The highest BCUT2D eigenvalue weighted by molar-refractivity contribution is 5.83. The highest BCUT2D eigenvalue weighted by Crippen LogP contribution is 2.47. The zero-order valence-corrected chi connectivity index (χ0v) is 15.5. The molecular formula is C19H14F5N5O. The van der Waals surface area contributed by atoms with E-state index in [1.807, 2.05) is 6.92 Å². The van der Waals surface area contributed by atoms with E-state index in [4.69, 9.17) is 4.42 Å². The van der Waals surface area contributed by atoms with E-state index in [1.165, 1.54) is 10.6 Å². The van der Waals surface area contributed by atoms with Crippen molar-refractivity contribution in [2.45, 2.75) is 37.8 Å². The molecule has 1 saturated carbocycles. The van der Waals surface area contributed by atoms with Crippen LogP contribution in [0.5, 0.6) is 0 Å². The van der Waals surface area contributed by atoms with Crippen molar-refractivity contribution in [3.63, 3.8) is 0 Å². The van der Waals surface area contributed by atoms with Crippen molar-refractivity contribution in [3.05, 3.63) is 42.0 Å². The molecular weight excluding hydrogens is 409 g/mol. The molecule has 0 saturated heterocycles. The average Bonchev–Trinajstić information content (AvgIpc) is 3.22. The van der Waals surface area contributed by atoms with Crippen LogP contribution in [0.15, 0.2) is 35.2 Å². The predicted molar refractivity (Wildman–Crippen MR) is 94.9 cm³/mol. The molecule has 6 nitrogen and oxygen atoms in total. The van der Waals surface area contributed by atoms with Gasteiger partial charge in [-0.1, -0.05) is 6.92 Å². The molecule has 0 aliphatic heterocycles. The van der Waals surface area contributed by atoms with Gasteiger partial charge in [0.25, 0.3) is 5.89 Å². The molecule has 5 rings (SSSR count). The first-order valence-electron chi connectivity index (χ1n) is 9.21. The van der Waals surface area contributed by atoms with Crippen LogP contribution in [0, 0.1) is 5.92 Å². The van der Waals surface area contributed by atoms with Crippen LogP contribution >= 0.6 is 0 Å². The molecule has 1 aliphatic carbocycles. The number of aromatic nitrogens is 5. The summed E-state index contributed by atoms with van der Waals surface area (Å²) in [7, 11) is 0. The van der Waals surface area contributed by atoms with Crippen LogP contribution < -0.4 is 0 Å². The lowest BCUT2D eigenvalue weighted by Gasteiger charge is -2.22. The maximum Gasteiger partial charge on any atom is 0.459 e. The number of hydrogen-bond donors (Lipinski definition) is 0. The number of hydrogen-bond acceptors (Lipinski definition) is 5. The fourth-order valence-electron chi connectivity index (χ4n) is 3.68. The Morgan fingerprint density at radius 2 is 1.90 bits per heavy atom. The summed E-state index contributed by atoms with van der Waals surface area (Å²) in [6, 6.07) is 4.18. The molecule has 1 aliphatic rings. The number of pyridine rings is 2. The van der Waals surface area contributed by atoms with Gasteiger partial charge in [-0.3, -0.25) is 4.40 Å². The molecule has 4 aromatic rings. The molecule has 0 amide bonds. The lowest BCUT2D eigenvalue weighted by atomic mass is 9.92. The summed E-state index contributed by atoms with van der Waals surface area (Å²) < 4.78 is 74.2. The minimum atomic E-state index is -5.76. The molecule has 0 spiro atoms. The number of alkyl halides is 5. The quantitative estimate of drug-likeness (QED) is 0.427. The van der Waals surface area contributed by atoms with Crippen molar-refractivity contribution < 1.29 is 26.4 Å². The largest absolute Gasteiger partial charge is 0.459 e. The summed E-state index contributed by atoms with van der Waals surface area (Å²) in [4.78, 5) is 8.03. The first kappa shape index (κ1) is 18.9. The third-order valence-electron chi connectivity index (χ3n) is 5.51. The Morgan fingerprint density at radius 3 is 2.53 bits per heavy atom. The molecule has 0 aromatic carbocycles. The lowest BCUT2D eigenvalue weighted by Crippen LogP contribution is -2.34. The summed E-state index contributed by atoms with van der Waals surface area (Å²) in [6.07, 6.45) is -1.41. The van der Waals surface area contributed by atoms with Crippen LogP contribution in [0.3, 0.4) is 0 Å². The molecule has 11 heteroatoms. The highest BCUT2D eigenvalue weighted by atomic mass is 19.4. The van der Waals surface area contributed by atoms with Crippen LogP contribution in [0.1, 0.15) is 36.9 Å². The number of nitrogens with zero attached hydrogens (tertiary/aromatic N) is 5. The van der Waals surface area contributed by atoms with E-state index in [9.17, 15) is 22.0 Å². The van der Waals surface area contributed by atoms with Crippen molar-refractivity contribution >= 4 is 16.7 Å². The summed E-state index contributed by atoms with van der Waals surface area (Å²) in [5, 5.41) is 7.81. The smallest absolute Gasteiger partial charge is 0.422 e. The van der Waals surface area contributed by atoms with Crippen molar-refractivity contribution in [2.24, 2.45) is 5.92 Å². The second-order valence-corrected chi connectivity index (χ2v) is 7.46. The highest BCUT2D eigenvalue weighted by Gasteiger charge is 2.60. The molecule has 30 heavy (non-hydrogen) atoms. The van der Waals surface area contributed by atoms with Crippen LogP contribution in [0.4, 0.5) is 22.0 Å². The Bertz CT molecular complexity index is 1240. The number of fused-ring (bicyclic) bond motifs is 3. The van der Waals surface area contributed by atoms with Crippen molar-refractivity contribution in [1.29, 1.82) is 0 Å². The van der Waals surface area contributed by atoms with E-state index >= 15 is 0 Å². The fourth-order valence-corrected chi connectivity index (χ4v) is 3.68. The van der Waals surface area contributed by atoms with Gasteiger partial charge in [0, 0.05) is 11.6 Å². The van der Waals surface area contributed by atoms with Gasteiger partial charge in [0.2, 0.25) is 6.39 Å². The van der Waals surface area contributed by atoms with E-state index in [0.29, 0.717) is 16.6 Å².